The Labute approximate surface area is 204 Å². The topological polar surface area (TPSA) is 49.4 Å². The number of rotatable bonds is 9. The van der Waals surface area contributed by atoms with Crippen LogP contribution in [0.1, 0.15) is 38.0 Å². The van der Waals surface area contributed by atoms with E-state index in [0.29, 0.717) is 24.4 Å². The molecule has 0 aliphatic carbocycles. The average Bonchev–Trinajstić information content (AvgIpc) is 3.20. The summed E-state index contributed by atoms with van der Waals surface area (Å²) in [5.41, 5.74) is 5.38. The number of aryl methyl sites for hydroxylation is 1. The second-order valence-corrected chi connectivity index (χ2v) is 10.3. The number of carbonyl (C=O) groups excluding carboxylic acids is 2. The van der Waals surface area contributed by atoms with Crippen LogP contribution < -0.4 is 5.32 Å². The van der Waals surface area contributed by atoms with E-state index in [1.54, 1.807) is 11.8 Å². The molecule has 2 amide bonds. The number of nitrogens with one attached hydrogen (secondary N) is 1. The van der Waals surface area contributed by atoms with E-state index in [2.05, 4.69) is 36.5 Å². The third-order valence-electron chi connectivity index (χ3n) is 5.54. The molecule has 1 aliphatic heterocycles. The largest absolute Gasteiger partial charge is 0.351 e. The van der Waals surface area contributed by atoms with Crippen LogP contribution in [0.5, 0.6) is 0 Å². The van der Waals surface area contributed by atoms with Gasteiger partial charge in [-0.15, -0.1) is 11.8 Å². The molecule has 0 saturated carbocycles. The Morgan fingerprint density at radius 3 is 2.45 bits per heavy atom. The standard InChI is InChI=1S/C27H28N2O2S2/c1-20-7-9-22(10-8-20)18-32-16-15-28-26(31)23-11-13-24(14-12-23)27-29(25(30)19-33-27)17-21-5-3-2-4-6-21/h2-14,27H,15-19H2,1H3,(H,28,31)/t27-/m0/s1. The first-order chi connectivity index (χ1) is 16.1. The second-order valence-electron chi connectivity index (χ2n) is 8.09. The van der Waals surface area contributed by atoms with Crippen LogP contribution in [0.4, 0.5) is 0 Å². The molecular weight excluding hydrogens is 448 g/mol. The van der Waals surface area contributed by atoms with Gasteiger partial charge in [-0.2, -0.15) is 11.8 Å². The Bertz CT molecular complexity index is 1070. The fraction of sp³-hybridized carbons (Fsp3) is 0.259. The van der Waals surface area contributed by atoms with Crippen molar-refractivity contribution in [3.63, 3.8) is 0 Å². The van der Waals surface area contributed by atoms with Crippen LogP contribution in [-0.4, -0.2) is 34.8 Å². The molecule has 6 heteroatoms. The zero-order valence-corrected chi connectivity index (χ0v) is 20.3. The highest BCUT2D eigenvalue weighted by Gasteiger charge is 2.32. The molecule has 0 radical (unpaired) electrons. The number of amides is 2. The number of benzene rings is 3. The molecule has 0 bridgehead atoms. The molecule has 1 saturated heterocycles. The molecule has 0 unspecified atom stereocenters. The van der Waals surface area contributed by atoms with Crippen LogP contribution in [0.2, 0.25) is 0 Å². The maximum Gasteiger partial charge on any atom is 0.251 e. The van der Waals surface area contributed by atoms with Gasteiger partial charge in [-0.25, -0.2) is 0 Å². The summed E-state index contributed by atoms with van der Waals surface area (Å²) in [5, 5.41) is 2.98. The Hall–Kier alpha value is -2.70. The van der Waals surface area contributed by atoms with Crippen LogP contribution in [-0.2, 0) is 17.1 Å². The lowest BCUT2D eigenvalue weighted by molar-refractivity contribution is -0.128. The lowest BCUT2D eigenvalue weighted by Crippen LogP contribution is -2.28. The Morgan fingerprint density at radius 2 is 1.73 bits per heavy atom. The van der Waals surface area contributed by atoms with Crippen molar-refractivity contribution in [2.45, 2.75) is 24.6 Å². The summed E-state index contributed by atoms with van der Waals surface area (Å²) in [4.78, 5) is 26.9. The second kappa shape index (κ2) is 11.4. The molecular formula is C27H28N2O2S2. The zero-order chi connectivity index (χ0) is 23.0. The van der Waals surface area contributed by atoms with Gasteiger partial charge in [-0.3, -0.25) is 9.59 Å². The molecule has 4 rings (SSSR count). The quantitative estimate of drug-likeness (QED) is 0.418. The number of nitrogens with zero attached hydrogens (tertiary/aromatic N) is 1. The van der Waals surface area contributed by atoms with E-state index in [9.17, 15) is 9.59 Å². The van der Waals surface area contributed by atoms with Crippen LogP contribution in [0.3, 0.4) is 0 Å². The van der Waals surface area contributed by atoms with E-state index in [1.165, 1.54) is 11.1 Å². The highest BCUT2D eigenvalue weighted by molar-refractivity contribution is 8.00. The van der Waals surface area contributed by atoms with Gasteiger partial charge < -0.3 is 10.2 Å². The highest BCUT2D eigenvalue weighted by Crippen LogP contribution is 2.39. The fourth-order valence-corrected chi connectivity index (χ4v) is 5.70. The molecule has 1 fully saturated rings. The van der Waals surface area contributed by atoms with Crippen molar-refractivity contribution in [2.75, 3.05) is 18.1 Å². The SMILES string of the molecule is Cc1ccc(CSCCNC(=O)c2ccc([C@@H]3SCC(=O)N3Cc3ccccc3)cc2)cc1. The van der Waals surface area contributed by atoms with Gasteiger partial charge in [0.2, 0.25) is 5.91 Å². The summed E-state index contributed by atoms with van der Waals surface area (Å²) in [6.45, 7) is 3.32. The van der Waals surface area contributed by atoms with Crippen LogP contribution >= 0.6 is 23.5 Å². The van der Waals surface area contributed by atoms with Crippen molar-refractivity contribution in [3.8, 4) is 0 Å². The molecule has 4 nitrogen and oxygen atoms in total. The van der Waals surface area contributed by atoms with Gasteiger partial charge in [0.1, 0.15) is 5.37 Å². The van der Waals surface area contributed by atoms with Gasteiger partial charge in [-0.1, -0.05) is 72.3 Å². The van der Waals surface area contributed by atoms with E-state index < -0.39 is 0 Å². The fourth-order valence-electron chi connectivity index (χ4n) is 3.69. The van der Waals surface area contributed by atoms with Crippen molar-refractivity contribution in [2.24, 2.45) is 0 Å². The molecule has 1 atom stereocenters. The summed E-state index contributed by atoms with van der Waals surface area (Å²) >= 11 is 3.45. The molecule has 33 heavy (non-hydrogen) atoms. The molecule has 1 heterocycles. The first kappa shape index (κ1) is 23.5. The van der Waals surface area contributed by atoms with Gasteiger partial charge in [0.05, 0.1) is 5.75 Å². The monoisotopic (exact) mass is 476 g/mol. The van der Waals surface area contributed by atoms with Crippen LogP contribution in [0.25, 0.3) is 0 Å². The van der Waals surface area contributed by atoms with Gasteiger partial charge in [0, 0.05) is 30.2 Å². The molecule has 3 aromatic rings. The first-order valence-corrected chi connectivity index (χ1v) is 13.3. The van der Waals surface area contributed by atoms with Crippen molar-refractivity contribution in [1.82, 2.24) is 10.2 Å². The number of hydrogen-bond acceptors (Lipinski definition) is 4. The minimum absolute atomic E-state index is 0.0204. The number of carbonyl (C=O) groups is 2. The smallest absolute Gasteiger partial charge is 0.251 e. The molecule has 0 aromatic heterocycles. The van der Waals surface area contributed by atoms with Crippen molar-refractivity contribution < 1.29 is 9.59 Å². The molecule has 170 valence electrons. The number of hydrogen-bond donors (Lipinski definition) is 1. The molecule has 0 spiro atoms. The van der Waals surface area contributed by atoms with Gasteiger partial charge in [-0.05, 0) is 35.7 Å². The number of thioether (sulfide) groups is 2. The third-order valence-corrected chi connectivity index (χ3v) is 7.83. The Balaban J connectivity index is 1.26. The maximum absolute atomic E-state index is 12.5. The lowest BCUT2D eigenvalue weighted by atomic mass is 10.1. The van der Waals surface area contributed by atoms with Crippen LogP contribution in [0, 0.1) is 6.92 Å². The predicted octanol–water partition coefficient (Wildman–Crippen LogP) is 5.43. The minimum atomic E-state index is -0.0613. The third kappa shape index (κ3) is 6.42. The van der Waals surface area contributed by atoms with E-state index in [4.69, 9.17) is 0 Å². The van der Waals surface area contributed by atoms with Gasteiger partial charge in [0.25, 0.3) is 5.91 Å². The first-order valence-electron chi connectivity index (χ1n) is 11.1. The summed E-state index contributed by atoms with van der Waals surface area (Å²) in [6.07, 6.45) is 0. The van der Waals surface area contributed by atoms with E-state index in [0.717, 1.165) is 22.6 Å². The van der Waals surface area contributed by atoms with E-state index in [-0.39, 0.29) is 17.2 Å². The highest BCUT2D eigenvalue weighted by atomic mass is 32.2. The normalized spacial score (nSPS) is 15.6. The average molecular weight is 477 g/mol. The maximum atomic E-state index is 12.5. The van der Waals surface area contributed by atoms with Crippen molar-refractivity contribution >= 4 is 35.3 Å². The summed E-state index contributed by atoms with van der Waals surface area (Å²) < 4.78 is 0. The van der Waals surface area contributed by atoms with E-state index in [1.807, 2.05) is 71.3 Å². The van der Waals surface area contributed by atoms with Gasteiger partial charge >= 0.3 is 0 Å². The van der Waals surface area contributed by atoms with Crippen LogP contribution in [0.15, 0.2) is 78.9 Å². The van der Waals surface area contributed by atoms with E-state index >= 15 is 0 Å². The van der Waals surface area contributed by atoms with Crippen molar-refractivity contribution in [1.29, 1.82) is 0 Å². The minimum Gasteiger partial charge on any atom is -0.351 e. The molecule has 1 aliphatic rings. The predicted molar refractivity (Wildman–Crippen MR) is 138 cm³/mol. The summed E-state index contributed by atoms with van der Waals surface area (Å²) in [5.74, 6) is 2.39. The van der Waals surface area contributed by atoms with Gasteiger partial charge in [0.15, 0.2) is 0 Å². The Kier molecular flexibility index (Phi) is 8.13. The van der Waals surface area contributed by atoms with Crippen molar-refractivity contribution in [3.05, 3.63) is 107 Å². The molecule has 1 N–H and O–H groups in total. The summed E-state index contributed by atoms with van der Waals surface area (Å²) in [7, 11) is 0. The Morgan fingerprint density at radius 1 is 1.00 bits per heavy atom. The lowest BCUT2D eigenvalue weighted by Gasteiger charge is -2.24. The molecule has 3 aromatic carbocycles. The summed E-state index contributed by atoms with van der Waals surface area (Å²) in [6, 6.07) is 26.3. The zero-order valence-electron chi connectivity index (χ0n) is 18.7.